The second-order valence-electron chi connectivity index (χ2n) is 3.27. The number of aromatic nitrogens is 2. The summed E-state index contributed by atoms with van der Waals surface area (Å²) in [4.78, 5) is 27.6. The molecule has 0 fully saturated rings. The first kappa shape index (κ1) is 10.1. The molecule has 1 aromatic heterocycles. The molecule has 7 nitrogen and oxygen atoms in total. The summed E-state index contributed by atoms with van der Waals surface area (Å²) in [5.41, 5.74) is 0.141. The third-order valence-electron chi connectivity index (χ3n) is 2.13. The van der Waals surface area contributed by atoms with Crippen molar-refractivity contribution < 1.29 is 14.8 Å². The monoisotopic (exact) mass is 221 g/mol. The third-order valence-corrected chi connectivity index (χ3v) is 2.13. The maximum Gasteiger partial charge on any atom is 0.338 e. The molecule has 0 aliphatic rings. The smallest absolute Gasteiger partial charge is 0.338 e. The van der Waals surface area contributed by atoms with Gasteiger partial charge in [-0.1, -0.05) is 0 Å². The van der Waals surface area contributed by atoms with Crippen molar-refractivity contribution in [2.75, 3.05) is 0 Å². The van der Waals surface area contributed by atoms with E-state index in [1.807, 2.05) is 0 Å². The molecule has 0 amide bonds. The number of hydrogen-bond acceptors (Lipinski definition) is 4. The van der Waals surface area contributed by atoms with Crippen molar-refractivity contribution in [2.45, 2.75) is 6.92 Å². The highest BCUT2D eigenvalue weighted by molar-refractivity contribution is 6.02. The van der Waals surface area contributed by atoms with Gasteiger partial charge in [0.15, 0.2) is 0 Å². The largest absolute Gasteiger partial charge is 0.478 e. The Balaban J connectivity index is 2.83. The predicted octanol–water partition coefficient (Wildman–Crippen LogP) is 1.48. The number of aryl methyl sites for hydroxylation is 1. The number of aromatic amines is 1. The van der Waals surface area contributed by atoms with Crippen molar-refractivity contribution in [2.24, 2.45) is 0 Å². The van der Waals surface area contributed by atoms with Gasteiger partial charge < -0.3 is 10.1 Å². The first-order valence-electron chi connectivity index (χ1n) is 4.37. The number of carboxylic acid groups (broad SMARTS) is 1. The Morgan fingerprint density at radius 1 is 1.56 bits per heavy atom. The van der Waals surface area contributed by atoms with E-state index in [2.05, 4.69) is 9.97 Å². The minimum atomic E-state index is -1.24. The van der Waals surface area contributed by atoms with Gasteiger partial charge in [-0.05, 0) is 6.92 Å². The van der Waals surface area contributed by atoms with E-state index in [-0.39, 0.29) is 16.8 Å². The summed E-state index contributed by atoms with van der Waals surface area (Å²) in [5.74, 6) is -0.724. The van der Waals surface area contributed by atoms with Gasteiger partial charge in [0.25, 0.3) is 5.69 Å². The van der Waals surface area contributed by atoms with Crippen LogP contribution < -0.4 is 0 Å². The van der Waals surface area contributed by atoms with Crippen LogP contribution in [0.2, 0.25) is 0 Å². The van der Waals surface area contributed by atoms with Crippen LogP contribution in [0.25, 0.3) is 11.0 Å². The molecule has 2 N–H and O–H groups in total. The molecular formula is C9H7N3O4. The number of nitrogens with one attached hydrogen (secondary N) is 1. The van der Waals surface area contributed by atoms with Crippen molar-refractivity contribution in [3.8, 4) is 0 Å². The molecule has 0 aliphatic heterocycles. The number of nitrogens with zero attached hydrogens (tertiary/aromatic N) is 2. The highest BCUT2D eigenvalue weighted by Gasteiger charge is 2.18. The zero-order valence-corrected chi connectivity index (χ0v) is 8.22. The molecule has 0 spiro atoms. The molecule has 82 valence electrons. The number of aromatic carboxylic acids is 1. The molecule has 0 unspecified atom stereocenters. The lowest BCUT2D eigenvalue weighted by atomic mass is 10.1. The van der Waals surface area contributed by atoms with Crippen LogP contribution in [0.4, 0.5) is 5.69 Å². The number of benzene rings is 1. The third kappa shape index (κ3) is 1.48. The molecule has 2 aromatic rings. The Morgan fingerprint density at radius 3 is 2.81 bits per heavy atom. The van der Waals surface area contributed by atoms with E-state index in [4.69, 9.17) is 5.11 Å². The summed E-state index contributed by atoms with van der Waals surface area (Å²) in [6.07, 6.45) is 0. The average molecular weight is 221 g/mol. The maximum atomic E-state index is 10.9. The quantitative estimate of drug-likeness (QED) is 0.589. The molecule has 2 rings (SSSR count). The summed E-state index contributed by atoms with van der Waals surface area (Å²) >= 11 is 0. The minimum absolute atomic E-state index is 0.173. The number of nitro benzene ring substituents is 1. The zero-order valence-electron chi connectivity index (χ0n) is 8.22. The lowest BCUT2D eigenvalue weighted by Crippen LogP contribution is -1.99. The fourth-order valence-corrected chi connectivity index (χ4v) is 1.49. The molecule has 0 saturated heterocycles. The van der Waals surface area contributed by atoms with Gasteiger partial charge in [-0.15, -0.1) is 0 Å². The number of nitro groups is 1. The first-order valence-corrected chi connectivity index (χ1v) is 4.37. The molecule has 0 aliphatic carbocycles. The molecule has 0 radical (unpaired) electrons. The van der Waals surface area contributed by atoms with E-state index >= 15 is 0 Å². The number of hydrogen-bond donors (Lipinski definition) is 2. The number of carboxylic acids is 1. The molecule has 7 heteroatoms. The van der Waals surface area contributed by atoms with E-state index in [9.17, 15) is 14.9 Å². The molecular weight excluding hydrogens is 214 g/mol. The van der Waals surface area contributed by atoms with Crippen LogP contribution in [0.15, 0.2) is 12.1 Å². The maximum absolute atomic E-state index is 10.9. The van der Waals surface area contributed by atoms with Crippen molar-refractivity contribution in [1.82, 2.24) is 9.97 Å². The van der Waals surface area contributed by atoms with E-state index in [1.54, 1.807) is 6.92 Å². The van der Waals surface area contributed by atoms with Crippen LogP contribution in [-0.4, -0.2) is 26.0 Å². The number of fused-ring (bicyclic) bond motifs is 1. The van der Waals surface area contributed by atoms with E-state index < -0.39 is 10.9 Å². The van der Waals surface area contributed by atoms with E-state index in [0.717, 1.165) is 6.07 Å². The fraction of sp³-hybridized carbons (Fsp3) is 0.111. The SMILES string of the molecule is Cc1nc2c(C(=O)O)cc([N+](=O)[O-])cc2[nH]1. The summed E-state index contributed by atoms with van der Waals surface area (Å²) < 4.78 is 0. The van der Waals surface area contributed by atoms with E-state index in [0.29, 0.717) is 11.3 Å². The number of rotatable bonds is 2. The molecule has 1 heterocycles. The number of carbonyl (C=O) groups is 1. The Hall–Kier alpha value is -2.44. The predicted molar refractivity (Wildman–Crippen MR) is 54.4 cm³/mol. The van der Waals surface area contributed by atoms with Gasteiger partial charge in [-0.3, -0.25) is 10.1 Å². The molecule has 16 heavy (non-hydrogen) atoms. The van der Waals surface area contributed by atoms with Crippen molar-refractivity contribution in [3.05, 3.63) is 33.6 Å². The number of non-ortho nitro benzene ring substituents is 1. The van der Waals surface area contributed by atoms with Gasteiger partial charge in [-0.2, -0.15) is 0 Å². The molecule has 0 bridgehead atoms. The molecule has 0 saturated carbocycles. The second kappa shape index (κ2) is 3.30. The van der Waals surface area contributed by atoms with Crippen molar-refractivity contribution >= 4 is 22.7 Å². The lowest BCUT2D eigenvalue weighted by molar-refractivity contribution is -0.384. The van der Waals surface area contributed by atoms with Gasteiger partial charge in [-0.25, -0.2) is 9.78 Å². The summed E-state index contributed by atoms with van der Waals surface area (Å²) in [7, 11) is 0. The molecule has 0 atom stereocenters. The normalized spacial score (nSPS) is 10.6. The highest BCUT2D eigenvalue weighted by Crippen LogP contribution is 2.23. The summed E-state index contributed by atoms with van der Waals surface area (Å²) in [6.45, 7) is 1.65. The molecule has 1 aromatic carbocycles. The fourth-order valence-electron chi connectivity index (χ4n) is 1.49. The Bertz CT molecular complexity index is 602. The zero-order chi connectivity index (χ0) is 11.9. The van der Waals surface area contributed by atoms with E-state index in [1.165, 1.54) is 6.07 Å². The van der Waals surface area contributed by atoms with Gasteiger partial charge in [0.05, 0.1) is 16.0 Å². The minimum Gasteiger partial charge on any atom is -0.478 e. The van der Waals surface area contributed by atoms with Crippen molar-refractivity contribution in [3.63, 3.8) is 0 Å². The Kier molecular flexibility index (Phi) is 2.08. The van der Waals surface area contributed by atoms with Gasteiger partial charge in [0.1, 0.15) is 11.3 Å². The first-order chi connectivity index (χ1) is 7.49. The average Bonchev–Trinajstić information content (AvgIpc) is 2.55. The Labute approximate surface area is 88.9 Å². The standard InChI is InChI=1S/C9H7N3O4/c1-4-10-7-3-5(12(15)16)2-6(9(13)14)8(7)11-4/h2-3H,1H3,(H,10,11)(H,13,14). The van der Waals surface area contributed by atoms with Crippen LogP contribution in [0.1, 0.15) is 16.2 Å². The van der Waals surface area contributed by atoms with Crippen LogP contribution >= 0.6 is 0 Å². The topological polar surface area (TPSA) is 109 Å². The van der Waals surface area contributed by atoms with Crippen molar-refractivity contribution in [1.29, 1.82) is 0 Å². The summed E-state index contributed by atoms with van der Waals surface area (Å²) in [5, 5.41) is 19.5. The van der Waals surface area contributed by atoms with Gasteiger partial charge >= 0.3 is 5.97 Å². The van der Waals surface area contributed by atoms with Gasteiger partial charge in [0.2, 0.25) is 0 Å². The highest BCUT2D eigenvalue weighted by atomic mass is 16.6. The van der Waals surface area contributed by atoms with Crippen LogP contribution in [0, 0.1) is 17.0 Å². The number of imidazole rings is 1. The van der Waals surface area contributed by atoms with Crippen LogP contribution in [0.3, 0.4) is 0 Å². The summed E-state index contributed by atoms with van der Waals surface area (Å²) in [6, 6.07) is 2.27. The Morgan fingerprint density at radius 2 is 2.25 bits per heavy atom. The lowest BCUT2D eigenvalue weighted by Gasteiger charge is -1.96. The second-order valence-corrected chi connectivity index (χ2v) is 3.27. The van der Waals surface area contributed by atoms with Crippen LogP contribution in [0.5, 0.6) is 0 Å². The number of H-pyrrole nitrogens is 1. The van der Waals surface area contributed by atoms with Gasteiger partial charge in [0, 0.05) is 12.1 Å². The van der Waals surface area contributed by atoms with Crippen LogP contribution in [-0.2, 0) is 0 Å².